The SMILES string of the molecule is CC(C)N=c1ccccn1C(=O)CN1C(=O)NC2(CCCC2)C1=O. The van der Waals surface area contributed by atoms with Gasteiger partial charge in [0.1, 0.15) is 17.6 Å². The Balaban J connectivity index is 1.83. The minimum Gasteiger partial charge on any atom is -0.323 e. The van der Waals surface area contributed by atoms with E-state index in [1.54, 1.807) is 24.4 Å². The number of nitrogens with zero attached hydrogens (tertiary/aromatic N) is 3. The molecule has 1 aromatic rings. The van der Waals surface area contributed by atoms with Gasteiger partial charge in [-0.05, 0) is 38.8 Å². The number of hydrogen-bond donors (Lipinski definition) is 1. The van der Waals surface area contributed by atoms with Gasteiger partial charge in [0.2, 0.25) is 0 Å². The van der Waals surface area contributed by atoms with Crippen LogP contribution in [0.3, 0.4) is 0 Å². The van der Waals surface area contributed by atoms with Crippen LogP contribution in [0.1, 0.15) is 44.3 Å². The first-order chi connectivity index (χ1) is 11.4. The molecule has 1 saturated heterocycles. The maximum Gasteiger partial charge on any atom is 0.325 e. The molecular weight excluding hydrogens is 308 g/mol. The van der Waals surface area contributed by atoms with Crippen LogP contribution in [-0.2, 0) is 4.79 Å². The standard InChI is InChI=1S/C17H22N4O3/c1-12(2)18-13-7-3-6-10-20(13)14(22)11-21-15(23)17(19-16(21)24)8-4-5-9-17/h3,6-7,10,12H,4-5,8-9,11H2,1-2H3,(H,19,24). The van der Waals surface area contributed by atoms with Crippen molar-refractivity contribution in [1.82, 2.24) is 14.8 Å². The summed E-state index contributed by atoms with van der Waals surface area (Å²) in [4.78, 5) is 42.9. The molecule has 0 radical (unpaired) electrons. The van der Waals surface area contributed by atoms with Crippen LogP contribution in [0.15, 0.2) is 29.4 Å². The van der Waals surface area contributed by atoms with E-state index < -0.39 is 11.6 Å². The van der Waals surface area contributed by atoms with E-state index in [4.69, 9.17) is 0 Å². The second-order valence-corrected chi connectivity index (χ2v) is 6.66. The summed E-state index contributed by atoms with van der Waals surface area (Å²) in [7, 11) is 0. The summed E-state index contributed by atoms with van der Waals surface area (Å²) < 4.78 is 1.39. The maximum absolute atomic E-state index is 12.6. The van der Waals surface area contributed by atoms with E-state index in [0.29, 0.717) is 18.3 Å². The van der Waals surface area contributed by atoms with Crippen molar-refractivity contribution >= 4 is 17.8 Å². The van der Waals surface area contributed by atoms with Crippen LogP contribution >= 0.6 is 0 Å². The first kappa shape index (κ1) is 16.4. The smallest absolute Gasteiger partial charge is 0.323 e. The van der Waals surface area contributed by atoms with Crippen LogP contribution in [0.25, 0.3) is 0 Å². The minimum absolute atomic E-state index is 0.0323. The van der Waals surface area contributed by atoms with Gasteiger partial charge in [-0.1, -0.05) is 18.9 Å². The summed E-state index contributed by atoms with van der Waals surface area (Å²) in [5, 5.41) is 2.79. The third-order valence-corrected chi connectivity index (χ3v) is 4.49. The van der Waals surface area contributed by atoms with Gasteiger partial charge in [-0.2, -0.15) is 0 Å². The molecule has 2 aliphatic rings. The first-order valence-corrected chi connectivity index (χ1v) is 8.32. The first-order valence-electron chi connectivity index (χ1n) is 8.32. The Morgan fingerprint density at radius 3 is 2.67 bits per heavy atom. The van der Waals surface area contributed by atoms with Crippen LogP contribution in [0.2, 0.25) is 0 Å². The fraction of sp³-hybridized carbons (Fsp3) is 0.529. The summed E-state index contributed by atoms with van der Waals surface area (Å²) in [5.74, 6) is -0.634. The van der Waals surface area contributed by atoms with E-state index in [-0.39, 0.29) is 24.4 Å². The minimum atomic E-state index is -0.788. The quantitative estimate of drug-likeness (QED) is 0.848. The van der Waals surface area contributed by atoms with E-state index in [1.165, 1.54) is 4.57 Å². The van der Waals surface area contributed by atoms with Crippen molar-refractivity contribution in [2.45, 2.75) is 51.1 Å². The second kappa shape index (κ2) is 6.22. The molecule has 0 aromatic carbocycles. The van der Waals surface area contributed by atoms with Gasteiger partial charge in [0.05, 0.1) is 0 Å². The average molecular weight is 330 g/mol. The number of rotatable bonds is 3. The van der Waals surface area contributed by atoms with Crippen molar-refractivity contribution in [2.75, 3.05) is 6.54 Å². The molecule has 2 fully saturated rings. The van der Waals surface area contributed by atoms with Gasteiger partial charge in [-0.3, -0.25) is 24.0 Å². The molecule has 1 spiro atoms. The monoisotopic (exact) mass is 330 g/mol. The van der Waals surface area contributed by atoms with Gasteiger partial charge in [0.15, 0.2) is 0 Å². The molecule has 24 heavy (non-hydrogen) atoms. The number of imide groups is 1. The van der Waals surface area contributed by atoms with E-state index >= 15 is 0 Å². The number of nitrogens with one attached hydrogen (secondary N) is 1. The molecule has 2 heterocycles. The number of amides is 3. The Kier molecular flexibility index (Phi) is 4.26. The van der Waals surface area contributed by atoms with Crippen molar-refractivity contribution < 1.29 is 14.4 Å². The predicted octanol–water partition coefficient (Wildman–Crippen LogP) is 1.30. The zero-order chi connectivity index (χ0) is 17.3. The van der Waals surface area contributed by atoms with Gasteiger partial charge in [-0.25, -0.2) is 4.79 Å². The average Bonchev–Trinajstić information content (AvgIpc) is 3.08. The Morgan fingerprint density at radius 1 is 1.29 bits per heavy atom. The Hall–Kier alpha value is -2.44. The number of aromatic nitrogens is 1. The summed E-state index contributed by atoms with van der Waals surface area (Å²) >= 11 is 0. The molecule has 1 N–H and O–H groups in total. The molecule has 1 aliphatic carbocycles. The summed E-state index contributed by atoms with van der Waals surface area (Å²) in [6.07, 6.45) is 4.73. The molecular formula is C17H22N4O3. The van der Waals surface area contributed by atoms with Crippen LogP contribution in [-0.4, -0.2) is 45.4 Å². The molecule has 1 aliphatic heterocycles. The third-order valence-electron chi connectivity index (χ3n) is 4.49. The zero-order valence-electron chi connectivity index (χ0n) is 14.0. The molecule has 3 rings (SSSR count). The van der Waals surface area contributed by atoms with E-state index in [1.807, 2.05) is 13.8 Å². The van der Waals surface area contributed by atoms with Crippen molar-refractivity contribution in [3.8, 4) is 0 Å². The fourth-order valence-electron chi connectivity index (χ4n) is 3.36. The lowest BCUT2D eigenvalue weighted by molar-refractivity contribution is -0.130. The molecule has 1 aromatic heterocycles. The van der Waals surface area contributed by atoms with Crippen molar-refractivity contribution in [3.63, 3.8) is 0 Å². The highest BCUT2D eigenvalue weighted by molar-refractivity contribution is 6.09. The highest BCUT2D eigenvalue weighted by Gasteiger charge is 2.52. The highest BCUT2D eigenvalue weighted by atomic mass is 16.2. The van der Waals surface area contributed by atoms with Crippen LogP contribution in [0.4, 0.5) is 4.79 Å². The maximum atomic E-state index is 12.6. The molecule has 1 saturated carbocycles. The van der Waals surface area contributed by atoms with Crippen LogP contribution in [0, 0.1) is 0 Å². The van der Waals surface area contributed by atoms with Crippen molar-refractivity contribution in [3.05, 3.63) is 29.9 Å². The molecule has 3 amide bonds. The Morgan fingerprint density at radius 2 is 2.00 bits per heavy atom. The van der Waals surface area contributed by atoms with Crippen molar-refractivity contribution in [1.29, 1.82) is 0 Å². The lowest BCUT2D eigenvalue weighted by atomic mass is 9.98. The van der Waals surface area contributed by atoms with Gasteiger partial charge < -0.3 is 5.32 Å². The zero-order valence-corrected chi connectivity index (χ0v) is 14.0. The second-order valence-electron chi connectivity index (χ2n) is 6.66. The van der Waals surface area contributed by atoms with Gasteiger partial charge in [0.25, 0.3) is 11.8 Å². The molecule has 0 unspecified atom stereocenters. The third kappa shape index (κ3) is 2.86. The fourth-order valence-corrected chi connectivity index (χ4v) is 3.36. The van der Waals surface area contributed by atoms with Crippen LogP contribution in [0.5, 0.6) is 0 Å². The van der Waals surface area contributed by atoms with Gasteiger partial charge in [-0.15, -0.1) is 0 Å². The number of carbonyl (C=O) groups excluding carboxylic acids is 3. The van der Waals surface area contributed by atoms with Gasteiger partial charge >= 0.3 is 6.03 Å². The lowest BCUT2D eigenvalue weighted by Gasteiger charge is -2.19. The highest BCUT2D eigenvalue weighted by Crippen LogP contribution is 2.34. The summed E-state index contributed by atoms with van der Waals surface area (Å²) in [5.41, 5.74) is -0.274. The number of urea groups is 1. The van der Waals surface area contributed by atoms with Crippen molar-refractivity contribution in [2.24, 2.45) is 4.99 Å². The Labute approximate surface area is 140 Å². The largest absolute Gasteiger partial charge is 0.325 e. The predicted molar refractivity (Wildman–Crippen MR) is 87.2 cm³/mol. The topological polar surface area (TPSA) is 83.8 Å². The van der Waals surface area contributed by atoms with E-state index in [2.05, 4.69) is 10.3 Å². The summed E-state index contributed by atoms with van der Waals surface area (Å²) in [6.45, 7) is 3.56. The normalized spacial score (nSPS) is 20.3. The van der Waals surface area contributed by atoms with Gasteiger partial charge in [0, 0.05) is 12.2 Å². The van der Waals surface area contributed by atoms with E-state index in [0.717, 1.165) is 17.7 Å². The molecule has 7 nitrogen and oxygen atoms in total. The number of pyridine rings is 1. The summed E-state index contributed by atoms with van der Waals surface area (Å²) in [6, 6.07) is 4.81. The number of carbonyl (C=O) groups is 3. The Bertz CT molecular complexity index is 744. The van der Waals surface area contributed by atoms with E-state index in [9.17, 15) is 14.4 Å². The molecule has 0 bridgehead atoms. The lowest BCUT2D eigenvalue weighted by Crippen LogP contribution is -2.45. The molecule has 128 valence electrons. The van der Waals surface area contributed by atoms with Crippen LogP contribution < -0.4 is 10.8 Å². The molecule has 0 atom stereocenters. The molecule has 7 heteroatoms. The number of hydrogen-bond acceptors (Lipinski definition) is 4.